The molecule has 320 valence electrons. The van der Waals surface area contributed by atoms with Gasteiger partial charge in [0.2, 0.25) is 0 Å². The lowest BCUT2D eigenvalue weighted by molar-refractivity contribution is -0.124. The number of benzene rings is 6. The fraction of sp³-hybridized carbons (Fsp3) is 0.269. The van der Waals surface area contributed by atoms with E-state index < -0.39 is 30.3 Å². The van der Waals surface area contributed by atoms with E-state index in [1.54, 1.807) is 0 Å². The van der Waals surface area contributed by atoms with Crippen LogP contribution in [-0.2, 0) is 43.9 Å². The molecule has 0 amide bonds. The van der Waals surface area contributed by atoms with Crippen molar-refractivity contribution in [2.24, 2.45) is 10.8 Å². The first-order chi connectivity index (χ1) is 30.0. The van der Waals surface area contributed by atoms with Crippen LogP contribution in [0, 0.1) is 10.8 Å². The van der Waals surface area contributed by atoms with Gasteiger partial charge in [0.15, 0.2) is 10.2 Å². The van der Waals surface area contributed by atoms with E-state index >= 15 is 0 Å². The highest BCUT2D eigenvalue weighted by molar-refractivity contribution is 8.14. The van der Waals surface area contributed by atoms with Crippen LogP contribution in [0.1, 0.15) is 61.1 Å². The first kappa shape index (κ1) is 46.8. The number of thioether (sulfide) groups is 2. The third-order valence-corrected chi connectivity index (χ3v) is 13.7. The first-order valence-corrected chi connectivity index (χ1v) is 23.7. The first-order valence-electron chi connectivity index (χ1n) is 20.7. The Morgan fingerprint density at radius 2 is 0.645 bits per heavy atom. The second-order valence-electron chi connectivity index (χ2n) is 16.1. The monoisotopic (exact) mass is 885 g/mol. The van der Waals surface area contributed by atoms with Gasteiger partial charge in [0, 0.05) is 16.1 Å². The summed E-state index contributed by atoms with van der Waals surface area (Å²) in [7, 11) is -2.45. The molecule has 6 aromatic rings. The fourth-order valence-electron chi connectivity index (χ4n) is 7.15. The van der Waals surface area contributed by atoms with Crippen molar-refractivity contribution >= 4 is 42.0 Å². The summed E-state index contributed by atoms with van der Waals surface area (Å²) in [5.74, 6) is 0.567. The van der Waals surface area contributed by atoms with Gasteiger partial charge in [-0.25, -0.2) is 0 Å². The molecule has 10 heteroatoms. The summed E-state index contributed by atoms with van der Waals surface area (Å²) in [6, 6.07) is 60.3. The number of carbonyl (C=O) groups is 2. The molecule has 62 heavy (non-hydrogen) atoms. The van der Waals surface area contributed by atoms with Crippen molar-refractivity contribution in [3.63, 3.8) is 0 Å². The van der Waals surface area contributed by atoms with Gasteiger partial charge in [-0.3, -0.25) is 9.59 Å². The lowest BCUT2D eigenvalue weighted by Gasteiger charge is -2.38. The van der Waals surface area contributed by atoms with Gasteiger partial charge in [-0.2, -0.15) is 0 Å². The predicted octanol–water partition coefficient (Wildman–Crippen LogP) is 12.3. The van der Waals surface area contributed by atoms with Gasteiger partial charge in [0.05, 0.1) is 24.0 Å². The van der Waals surface area contributed by atoms with Gasteiger partial charge in [-0.15, -0.1) is 9.05 Å². The molecule has 0 aliphatic carbocycles. The van der Waals surface area contributed by atoms with Gasteiger partial charge < -0.3 is 9.47 Å². The Balaban J connectivity index is 0.976. The van der Waals surface area contributed by atoms with E-state index in [-0.39, 0.29) is 48.2 Å². The highest BCUT2D eigenvalue weighted by Gasteiger charge is 2.42. The number of hydrogen-bond donors (Lipinski definition) is 0. The SMILES string of the molecule is CC(C)(COC(c1ccccc1)(c1ccccc1)c1ccccc1)C(=O)SCCO[P+](=O)OCCSC(=O)C(C)(C)COC(c1ccccc1)(c1ccccc1)c1ccccc1. The summed E-state index contributed by atoms with van der Waals surface area (Å²) in [5.41, 5.74) is 2.13. The minimum Gasteiger partial charge on any atom is -0.360 e. The van der Waals surface area contributed by atoms with Crippen molar-refractivity contribution in [3.8, 4) is 0 Å². The molecule has 0 aliphatic rings. The molecule has 7 nitrogen and oxygen atoms in total. The Hall–Kier alpha value is -4.70. The standard InChI is InChI=1S/C52H54O7PS2/c1-49(2,39-56-51(41-23-11-5-12-24-41,42-25-13-6-14-26-42)43-27-15-7-16-28-43)47(53)61-37-35-58-60(55)59-36-38-62-48(54)50(3,4)40-57-52(44-29-17-8-18-30-44,45-31-19-9-20-32-45)46-33-21-10-22-34-46/h5-34H,35-40H2,1-4H3/q+1. The molecule has 0 unspecified atom stereocenters. The second-order valence-corrected chi connectivity index (χ2v) is 19.2. The molecule has 0 saturated heterocycles. The Morgan fingerprint density at radius 3 is 0.871 bits per heavy atom. The van der Waals surface area contributed by atoms with E-state index in [1.807, 2.05) is 210 Å². The van der Waals surface area contributed by atoms with Crippen LogP contribution in [0.2, 0.25) is 0 Å². The molecule has 0 heterocycles. The molecule has 0 N–H and O–H groups in total. The normalized spacial score (nSPS) is 12.2. The van der Waals surface area contributed by atoms with Gasteiger partial charge in [0.25, 0.3) is 0 Å². The van der Waals surface area contributed by atoms with Crippen LogP contribution in [0.15, 0.2) is 182 Å². The van der Waals surface area contributed by atoms with Gasteiger partial charge in [-0.1, -0.05) is 206 Å². The van der Waals surface area contributed by atoms with Crippen LogP contribution in [-0.4, -0.2) is 48.2 Å². The Labute approximate surface area is 375 Å². The molecule has 0 radical (unpaired) electrons. The second kappa shape index (κ2) is 22.1. The quantitative estimate of drug-likeness (QED) is 0.0376. The summed E-state index contributed by atoms with van der Waals surface area (Å²) in [6.07, 6.45) is 0. The minimum atomic E-state index is -2.45. The third-order valence-electron chi connectivity index (χ3n) is 10.5. The Morgan fingerprint density at radius 1 is 0.419 bits per heavy atom. The summed E-state index contributed by atoms with van der Waals surface area (Å²) >= 11 is 2.22. The highest BCUT2D eigenvalue weighted by atomic mass is 32.2. The molecule has 0 atom stereocenters. The summed E-state index contributed by atoms with van der Waals surface area (Å²) in [5, 5.41) is -0.147. The van der Waals surface area contributed by atoms with Gasteiger partial charge >= 0.3 is 8.25 Å². The average molecular weight is 886 g/mol. The van der Waals surface area contributed by atoms with Crippen LogP contribution < -0.4 is 0 Å². The van der Waals surface area contributed by atoms with Crippen LogP contribution in [0.3, 0.4) is 0 Å². The van der Waals surface area contributed by atoms with Crippen molar-refractivity contribution in [1.82, 2.24) is 0 Å². The number of rotatable bonds is 22. The van der Waals surface area contributed by atoms with E-state index in [2.05, 4.69) is 0 Å². The molecular weight excluding hydrogens is 832 g/mol. The maximum Gasteiger partial charge on any atom is 0.697 e. The fourth-order valence-corrected chi connectivity index (χ4v) is 9.56. The molecular formula is C52H54O7PS2+. The lowest BCUT2D eigenvalue weighted by atomic mass is 9.79. The lowest BCUT2D eigenvalue weighted by Crippen LogP contribution is -2.38. The van der Waals surface area contributed by atoms with Crippen LogP contribution in [0.5, 0.6) is 0 Å². The van der Waals surface area contributed by atoms with Gasteiger partial charge in [-0.05, 0) is 61.1 Å². The van der Waals surface area contributed by atoms with E-state index in [0.717, 1.165) is 56.9 Å². The average Bonchev–Trinajstić information content (AvgIpc) is 3.31. The summed E-state index contributed by atoms with van der Waals surface area (Å²) < 4.78 is 37.4. The van der Waals surface area contributed by atoms with Crippen molar-refractivity contribution in [3.05, 3.63) is 215 Å². The van der Waals surface area contributed by atoms with E-state index in [4.69, 9.17) is 18.5 Å². The summed E-state index contributed by atoms with van der Waals surface area (Å²) in [6.45, 7) is 7.87. The molecule has 0 bridgehead atoms. The van der Waals surface area contributed by atoms with Crippen molar-refractivity contribution in [2.75, 3.05) is 37.9 Å². The number of hydrogen-bond acceptors (Lipinski definition) is 9. The molecule has 0 spiro atoms. The molecule has 6 aromatic carbocycles. The topological polar surface area (TPSA) is 88.1 Å². The predicted molar refractivity (Wildman–Crippen MR) is 252 cm³/mol. The molecule has 0 fully saturated rings. The molecule has 0 saturated carbocycles. The highest BCUT2D eigenvalue weighted by Crippen LogP contribution is 2.44. The zero-order valence-electron chi connectivity index (χ0n) is 35.7. The zero-order chi connectivity index (χ0) is 43.9. The largest absolute Gasteiger partial charge is 0.697 e. The van der Waals surface area contributed by atoms with E-state index in [9.17, 15) is 14.2 Å². The van der Waals surface area contributed by atoms with Crippen molar-refractivity contribution in [1.29, 1.82) is 0 Å². The maximum absolute atomic E-state index is 13.6. The Bertz CT molecular complexity index is 1950. The minimum absolute atomic E-state index is 0.0486. The number of ether oxygens (including phenoxy) is 2. The smallest absolute Gasteiger partial charge is 0.360 e. The van der Waals surface area contributed by atoms with Crippen LogP contribution in [0.25, 0.3) is 0 Å². The maximum atomic E-state index is 13.6. The van der Waals surface area contributed by atoms with Crippen LogP contribution >= 0.6 is 31.8 Å². The molecule has 6 rings (SSSR count). The zero-order valence-corrected chi connectivity index (χ0v) is 38.2. The van der Waals surface area contributed by atoms with Crippen molar-refractivity contribution < 1.29 is 32.7 Å². The number of carbonyl (C=O) groups excluding carboxylic acids is 2. The van der Waals surface area contributed by atoms with Gasteiger partial charge in [0.1, 0.15) is 24.4 Å². The Kier molecular flexibility index (Phi) is 16.7. The third kappa shape index (κ3) is 11.5. The molecule has 0 aromatic heterocycles. The molecule has 0 aliphatic heterocycles. The summed E-state index contributed by atoms with van der Waals surface area (Å²) in [4.78, 5) is 27.2. The van der Waals surface area contributed by atoms with Crippen molar-refractivity contribution in [2.45, 2.75) is 38.9 Å². The van der Waals surface area contributed by atoms with E-state index in [0.29, 0.717) is 0 Å². The van der Waals surface area contributed by atoms with E-state index in [1.165, 1.54) is 0 Å². The van der Waals surface area contributed by atoms with Crippen LogP contribution in [0.4, 0.5) is 0 Å².